The molecule has 0 unspecified atom stereocenters. The van der Waals surface area contributed by atoms with E-state index in [0.717, 1.165) is 17.8 Å². The highest BCUT2D eigenvalue weighted by Crippen LogP contribution is 2.08. The first-order valence-electron chi connectivity index (χ1n) is 5.66. The maximum Gasteiger partial charge on any atom is 0.206 e. The predicted molar refractivity (Wildman–Crippen MR) is 66.4 cm³/mol. The zero-order valence-corrected chi connectivity index (χ0v) is 10.4. The molecule has 0 fully saturated rings. The number of aryl methyl sites for hydroxylation is 2. The van der Waals surface area contributed by atoms with E-state index in [0.29, 0.717) is 12.4 Å². The lowest BCUT2D eigenvalue weighted by molar-refractivity contribution is 0.318. The van der Waals surface area contributed by atoms with Gasteiger partial charge in [-0.1, -0.05) is 12.1 Å². The Morgan fingerprint density at radius 1 is 1.56 bits per heavy atom. The Bertz CT molecular complexity index is 568. The van der Waals surface area contributed by atoms with Crippen molar-refractivity contribution in [3.05, 3.63) is 35.7 Å². The second-order valence-electron chi connectivity index (χ2n) is 3.97. The molecule has 0 saturated heterocycles. The minimum absolute atomic E-state index is 0.00196. The van der Waals surface area contributed by atoms with Crippen molar-refractivity contribution in [1.82, 2.24) is 19.3 Å². The molecule has 0 aliphatic carbocycles. The van der Waals surface area contributed by atoms with Crippen molar-refractivity contribution in [2.24, 2.45) is 17.9 Å². The van der Waals surface area contributed by atoms with E-state index in [1.165, 1.54) is 0 Å². The Hall–Kier alpha value is -2.31. The van der Waals surface area contributed by atoms with Crippen LogP contribution in [-0.4, -0.2) is 30.4 Å². The molecule has 96 valence electrons. The summed E-state index contributed by atoms with van der Waals surface area (Å²) in [6.45, 7) is 2.64. The second-order valence-corrected chi connectivity index (χ2v) is 3.97. The molecule has 0 aliphatic rings. The van der Waals surface area contributed by atoms with Crippen molar-refractivity contribution in [1.29, 1.82) is 0 Å². The fourth-order valence-corrected chi connectivity index (χ4v) is 1.78. The van der Waals surface area contributed by atoms with E-state index < -0.39 is 0 Å². The van der Waals surface area contributed by atoms with Crippen LogP contribution in [0.15, 0.2) is 23.6 Å². The number of aromatic nitrogens is 4. The summed E-state index contributed by atoms with van der Waals surface area (Å²) >= 11 is 0. The molecule has 7 heteroatoms. The maximum atomic E-state index is 8.69. The number of amidine groups is 1. The highest BCUT2D eigenvalue weighted by molar-refractivity contribution is 5.93. The average Bonchev–Trinajstić information content (AvgIpc) is 2.96. The Labute approximate surface area is 105 Å². The normalized spacial score (nSPS) is 12.0. The molecule has 0 bridgehead atoms. The maximum absolute atomic E-state index is 8.69. The third kappa shape index (κ3) is 2.20. The third-order valence-corrected chi connectivity index (χ3v) is 2.77. The van der Waals surface area contributed by atoms with Gasteiger partial charge in [0, 0.05) is 19.4 Å². The summed E-state index contributed by atoms with van der Waals surface area (Å²) in [6.07, 6.45) is 4.29. The van der Waals surface area contributed by atoms with Gasteiger partial charge in [0.2, 0.25) is 5.84 Å². The summed E-state index contributed by atoms with van der Waals surface area (Å²) in [7, 11) is 1.90. The first-order chi connectivity index (χ1) is 8.65. The van der Waals surface area contributed by atoms with E-state index in [9.17, 15) is 0 Å². The minimum Gasteiger partial charge on any atom is -0.409 e. The Balaban J connectivity index is 2.29. The van der Waals surface area contributed by atoms with Gasteiger partial charge in [0.05, 0.1) is 17.9 Å². The van der Waals surface area contributed by atoms with Gasteiger partial charge >= 0.3 is 0 Å². The molecule has 0 radical (unpaired) electrons. The second kappa shape index (κ2) is 4.91. The topological polar surface area (TPSA) is 94.3 Å². The molecular formula is C11H16N6O. The van der Waals surface area contributed by atoms with Crippen LogP contribution in [0.1, 0.15) is 24.1 Å². The van der Waals surface area contributed by atoms with E-state index >= 15 is 0 Å². The van der Waals surface area contributed by atoms with E-state index in [4.69, 9.17) is 10.9 Å². The van der Waals surface area contributed by atoms with E-state index in [-0.39, 0.29) is 5.84 Å². The molecule has 0 atom stereocenters. The molecule has 18 heavy (non-hydrogen) atoms. The lowest BCUT2D eigenvalue weighted by Gasteiger charge is -2.06. The van der Waals surface area contributed by atoms with E-state index in [1.807, 2.05) is 22.4 Å². The van der Waals surface area contributed by atoms with E-state index in [2.05, 4.69) is 22.2 Å². The van der Waals surface area contributed by atoms with Gasteiger partial charge in [-0.25, -0.2) is 4.98 Å². The largest absolute Gasteiger partial charge is 0.409 e. The number of rotatable bonds is 4. The minimum atomic E-state index is -0.00196. The smallest absolute Gasteiger partial charge is 0.206 e. The lowest BCUT2D eigenvalue weighted by Crippen LogP contribution is -2.20. The molecular weight excluding hydrogens is 232 g/mol. The van der Waals surface area contributed by atoms with Gasteiger partial charge in [-0.3, -0.25) is 4.68 Å². The van der Waals surface area contributed by atoms with Gasteiger partial charge in [-0.2, -0.15) is 5.10 Å². The van der Waals surface area contributed by atoms with Gasteiger partial charge in [0.1, 0.15) is 0 Å². The lowest BCUT2D eigenvalue weighted by atomic mass is 10.3. The summed E-state index contributed by atoms with van der Waals surface area (Å²) in [5.74, 6) is 0.439. The van der Waals surface area contributed by atoms with Crippen LogP contribution in [0.25, 0.3) is 0 Å². The number of imidazole rings is 1. The van der Waals surface area contributed by atoms with Gasteiger partial charge in [-0.05, 0) is 12.5 Å². The number of oxime groups is 1. The fraction of sp³-hybridized carbons (Fsp3) is 0.364. The predicted octanol–water partition coefficient (Wildman–Crippen LogP) is 0.322. The first kappa shape index (κ1) is 12.2. The number of hydrogen-bond donors (Lipinski definition) is 2. The highest BCUT2D eigenvalue weighted by Gasteiger charge is 2.10. The van der Waals surface area contributed by atoms with Crippen molar-refractivity contribution in [3.8, 4) is 0 Å². The molecule has 2 aromatic heterocycles. The molecule has 0 aromatic carbocycles. The van der Waals surface area contributed by atoms with E-state index in [1.54, 1.807) is 12.4 Å². The van der Waals surface area contributed by atoms with Crippen LogP contribution in [0.4, 0.5) is 0 Å². The summed E-state index contributed by atoms with van der Waals surface area (Å²) < 4.78 is 3.64. The standard InChI is InChI=1S/C11H16N6O/c1-3-8-6-9(16(2)14-8)7-17-5-4-13-11(17)10(12)15-18/h4-6,18H,3,7H2,1-2H3,(H2,12,15). The van der Waals surface area contributed by atoms with Gasteiger partial charge in [0.25, 0.3) is 0 Å². The molecule has 3 N–H and O–H groups in total. The number of nitrogens with two attached hydrogens (primary N) is 1. The van der Waals surface area contributed by atoms with Crippen molar-refractivity contribution in [3.63, 3.8) is 0 Å². The molecule has 0 aliphatic heterocycles. The molecule has 2 aromatic rings. The fourth-order valence-electron chi connectivity index (χ4n) is 1.78. The highest BCUT2D eigenvalue weighted by atomic mass is 16.4. The first-order valence-corrected chi connectivity index (χ1v) is 5.66. The monoisotopic (exact) mass is 248 g/mol. The van der Waals surface area contributed by atoms with Gasteiger partial charge in [-0.15, -0.1) is 0 Å². The van der Waals surface area contributed by atoms with Crippen LogP contribution in [0.5, 0.6) is 0 Å². The molecule has 2 rings (SSSR count). The van der Waals surface area contributed by atoms with Crippen LogP contribution in [-0.2, 0) is 20.0 Å². The third-order valence-electron chi connectivity index (χ3n) is 2.77. The molecule has 7 nitrogen and oxygen atoms in total. The van der Waals surface area contributed by atoms with Crippen LogP contribution < -0.4 is 5.73 Å². The Morgan fingerprint density at radius 2 is 2.33 bits per heavy atom. The summed E-state index contributed by atoms with van der Waals surface area (Å²) in [5, 5.41) is 16.0. The molecule has 0 spiro atoms. The Kier molecular flexibility index (Phi) is 3.31. The summed E-state index contributed by atoms with van der Waals surface area (Å²) in [4.78, 5) is 4.06. The van der Waals surface area contributed by atoms with Gasteiger partial charge < -0.3 is 15.5 Å². The van der Waals surface area contributed by atoms with Crippen LogP contribution >= 0.6 is 0 Å². The van der Waals surface area contributed by atoms with Crippen LogP contribution in [0.2, 0.25) is 0 Å². The zero-order valence-electron chi connectivity index (χ0n) is 10.4. The van der Waals surface area contributed by atoms with Crippen molar-refractivity contribution in [2.75, 3.05) is 0 Å². The van der Waals surface area contributed by atoms with Gasteiger partial charge in [0.15, 0.2) is 5.82 Å². The number of nitrogens with zero attached hydrogens (tertiary/aromatic N) is 5. The molecule has 2 heterocycles. The average molecular weight is 248 g/mol. The SMILES string of the molecule is CCc1cc(Cn2ccnc2C(N)=NO)n(C)n1. The van der Waals surface area contributed by atoms with Crippen molar-refractivity contribution in [2.45, 2.75) is 19.9 Å². The van der Waals surface area contributed by atoms with Crippen LogP contribution in [0.3, 0.4) is 0 Å². The van der Waals surface area contributed by atoms with Crippen molar-refractivity contribution >= 4 is 5.84 Å². The number of hydrogen-bond acceptors (Lipinski definition) is 4. The summed E-state index contributed by atoms with van der Waals surface area (Å²) in [5.41, 5.74) is 7.64. The summed E-state index contributed by atoms with van der Waals surface area (Å²) in [6, 6.07) is 2.04. The van der Waals surface area contributed by atoms with Crippen LogP contribution in [0, 0.1) is 0 Å². The molecule has 0 saturated carbocycles. The quantitative estimate of drug-likeness (QED) is 0.352. The zero-order chi connectivity index (χ0) is 13.1. The van der Waals surface area contributed by atoms with Crippen molar-refractivity contribution < 1.29 is 5.21 Å². The Morgan fingerprint density at radius 3 is 2.94 bits per heavy atom. The molecule has 0 amide bonds.